The maximum absolute atomic E-state index is 12.1. The highest BCUT2D eigenvalue weighted by molar-refractivity contribution is 6.30. The summed E-state index contributed by atoms with van der Waals surface area (Å²) >= 11 is 5.86. The van der Waals surface area contributed by atoms with Gasteiger partial charge in [0.05, 0.1) is 0 Å². The Labute approximate surface area is 164 Å². The zero-order valence-corrected chi connectivity index (χ0v) is 16.5. The third-order valence-corrected chi connectivity index (χ3v) is 4.76. The molecular weight excluding hydrogens is 364 g/mol. The minimum Gasteiger partial charge on any atom is -0.467 e. The third kappa shape index (κ3) is 5.82. The van der Waals surface area contributed by atoms with E-state index in [1.807, 2.05) is 19.1 Å². The number of aryl methyl sites for hydroxylation is 1. The Kier molecular flexibility index (Phi) is 6.50. The molecule has 0 spiro atoms. The van der Waals surface area contributed by atoms with E-state index < -0.39 is 0 Å². The molecule has 1 N–H and O–H groups in total. The van der Waals surface area contributed by atoms with Crippen LogP contribution in [-0.2, 0) is 11.3 Å². The van der Waals surface area contributed by atoms with Crippen LogP contribution < -0.4 is 15.0 Å². The lowest BCUT2D eigenvalue weighted by Gasteiger charge is -2.31. The lowest BCUT2D eigenvalue weighted by atomic mass is 10.0. The fourth-order valence-electron chi connectivity index (χ4n) is 3.10. The number of amides is 1. The zero-order valence-electron chi connectivity index (χ0n) is 15.7. The van der Waals surface area contributed by atoms with Crippen molar-refractivity contribution in [2.75, 3.05) is 24.6 Å². The van der Waals surface area contributed by atoms with Gasteiger partial charge in [-0.1, -0.05) is 30.7 Å². The molecule has 7 heteroatoms. The van der Waals surface area contributed by atoms with Gasteiger partial charge < -0.3 is 15.0 Å². The number of piperidine rings is 1. The summed E-state index contributed by atoms with van der Waals surface area (Å²) in [7, 11) is 0. The van der Waals surface area contributed by atoms with Gasteiger partial charge in [0.25, 0.3) is 5.91 Å². The number of halogens is 1. The van der Waals surface area contributed by atoms with Gasteiger partial charge in [0.1, 0.15) is 0 Å². The van der Waals surface area contributed by atoms with Gasteiger partial charge >= 0.3 is 0 Å². The van der Waals surface area contributed by atoms with Crippen molar-refractivity contribution in [2.24, 2.45) is 5.92 Å². The van der Waals surface area contributed by atoms with E-state index in [0.29, 0.717) is 29.3 Å². The van der Waals surface area contributed by atoms with E-state index in [0.717, 1.165) is 30.8 Å². The number of rotatable bonds is 6. The van der Waals surface area contributed by atoms with Gasteiger partial charge in [-0.3, -0.25) is 4.79 Å². The summed E-state index contributed by atoms with van der Waals surface area (Å²) in [6.45, 7) is 6.40. The van der Waals surface area contributed by atoms with Crippen molar-refractivity contribution in [2.45, 2.75) is 33.2 Å². The largest absolute Gasteiger partial charge is 0.467 e. The molecule has 3 rings (SSSR count). The van der Waals surface area contributed by atoms with E-state index in [2.05, 4.69) is 27.1 Å². The minimum absolute atomic E-state index is 0.0834. The van der Waals surface area contributed by atoms with Crippen molar-refractivity contribution < 1.29 is 9.53 Å². The van der Waals surface area contributed by atoms with Gasteiger partial charge in [0.2, 0.25) is 11.8 Å². The van der Waals surface area contributed by atoms with Crippen LogP contribution in [0, 0.1) is 12.8 Å². The van der Waals surface area contributed by atoms with Crippen LogP contribution in [0.5, 0.6) is 5.88 Å². The molecule has 6 nitrogen and oxygen atoms in total. The summed E-state index contributed by atoms with van der Waals surface area (Å²) < 4.78 is 5.60. The number of hydrogen-bond acceptors (Lipinski definition) is 5. The first-order valence-electron chi connectivity index (χ1n) is 9.24. The van der Waals surface area contributed by atoms with Crippen LogP contribution in [0.3, 0.4) is 0 Å². The molecule has 1 fully saturated rings. The molecule has 0 unspecified atom stereocenters. The lowest BCUT2D eigenvalue weighted by molar-refractivity contribution is -0.123. The maximum Gasteiger partial charge on any atom is 0.258 e. The van der Waals surface area contributed by atoms with Crippen molar-refractivity contribution in [1.82, 2.24) is 15.3 Å². The number of ether oxygens (including phenoxy) is 1. The van der Waals surface area contributed by atoms with Gasteiger partial charge in [0.15, 0.2) is 6.61 Å². The van der Waals surface area contributed by atoms with Crippen LogP contribution in [0.1, 0.15) is 31.0 Å². The van der Waals surface area contributed by atoms with Gasteiger partial charge in [-0.25, -0.2) is 4.98 Å². The SMILES string of the molecule is Cc1cc(OCC(=O)NCc2ccc(Cl)cc2)nc(N2CCC[C@@H](C)C2)n1. The highest BCUT2D eigenvalue weighted by atomic mass is 35.5. The van der Waals surface area contributed by atoms with Crippen molar-refractivity contribution in [3.8, 4) is 5.88 Å². The number of carbonyl (C=O) groups excluding carboxylic acids is 1. The number of hydrogen-bond donors (Lipinski definition) is 1. The molecule has 1 aromatic heterocycles. The first-order chi connectivity index (χ1) is 13.0. The van der Waals surface area contributed by atoms with Crippen LogP contribution in [0.15, 0.2) is 30.3 Å². The molecule has 2 aromatic rings. The summed E-state index contributed by atoms with van der Waals surface area (Å²) in [4.78, 5) is 23.3. The number of nitrogens with zero attached hydrogens (tertiary/aromatic N) is 3. The molecule has 1 aliphatic rings. The van der Waals surface area contributed by atoms with E-state index in [1.54, 1.807) is 18.2 Å². The summed E-state index contributed by atoms with van der Waals surface area (Å²) in [6, 6.07) is 9.11. The van der Waals surface area contributed by atoms with Crippen LogP contribution in [0.25, 0.3) is 0 Å². The van der Waals surface area contributed by atoms with Crippen molar-refractivity contribution in [3.05, 3.63) is 46.6 Å². The zero-order chi connectivity index (χ0) is 19.2. The summed E-state index contributed by atoms with van der Waals surface area (Å²) in [6.07, 6.45) is 2.38. The molecule has 1 aromatic carbocycles. The highest BCUT2D eigenvalue weighted by Crippen LogP contribution is 2.22. The van der Waals surface area contributed by atoms with Crippen LogP contribution in [0.4, 0.5) is 5.95 Å². The highest BCUT2D eigenvalue weighted by Gasteiger charge is 2.19. The molecule has 1 amide bonds. The molecule has 0 bridgehead atoms. The van der Waals surface area contributed by atoms with Crippen molar-refractivity contribution in [3.63, 3.8) is 0 Å². The summed E-state index contributed by atoms with van der Waals surface area (Å²) in [5, 5.41) is 3.50. The number of carbonyl (C=O) groups is 1. The number of nitrogens with one attached hydrogen (secondary N) is 1. The topological polar surface area (TPSA) is 67.3 Å². The van der Waals surface area contributed by atoms with Crippen molar-refractivity contribution >= 4 is 23.5 Å². The molecule has 0 saturated carbocycles. The Bertz CT molecular complexity index is 782. The van der Waals surface area contributed by atoms with E-state index >= 15 is 0 Å². The molecular formula is C20H25ClN4O2. The van der Waals surface area contributed by atoms with Crippen LogP contribution in [0.2, 0.25) is 5.02 Å². The van der Waals surface area contributed by atoms with Gasteiger partial charge in [-0.2, -0.15) is 4.98 Å². The second kappa shape index (κ2) is 9.04. The molecule has 27 heavy (non-hydrogen) atoms. The average Bonchev–Trinajstić information content (AvgIpc) is 2.65. The lowest BCUT2D eigenvalue weighted by Crippen LogP contribution is -2.35. The normalized spacial score (nSPS) is 16.9. The molecule has 1 saturated heterocycles. The Morgan fingerprint density at radius 1 is 1.33 bits per heavy atom. The average molecular weight is 389 g/mol. The smallest absolute Gasteiger partial charge is 0.258 e. The quantitative estimate of drug-likeness (QED) is 0.821. The van der Waals surface area contributed by atoms with Gasteiger partial charge in [0, 0.05) is 36.4 Å². The molecule has 1 atom stereocenters. The van der Waals surface area contributed by atoms with Gasteiger partial charge in [-0.05, 0) is 43.4 Å². The second-order valence-corrected chi connectivity index (χ2v) is 7.47. The van der Waals surface area contributed by atoms with Crippen LogP contribution >= 0.6 is 11.6 Å². The first kappa shape index (κ1) is 19.4. The maximum atomic E-state index is 12.1. The molecule has 0 aliphatic carbocycles. The predicted octanol–water partition coefficient (Wildman–Crippen LogP) is 3.37. The van der Waals surface area contributed by atoms with Crippen molar-refractivity contribution in [1.29, 1.82) is 0 Å². The van der Waals surface area contributed by atoms with E-state index in [-0.39, 0.29) is 12.5 Å². The van der Waals surface area contributed by atoms with E-state index in [1.165, 1.54) is 6.42 Å². The first-order valence-corrected chi connectivity index (χ1v) is 9.62. The van der Waals surface area contributed by atoms with Gasteiger partial charge in [-0.15, -0.1) is 0 Å². The third-order valence-electron chi connectivity index (χ3n) is 4.51. The molecule has 1 aliphatic heterocycles. The monoisotopic (exact) mass is 388 g/mol. The molecule has 144 valence electrons. The Hall–Kier alpha value is -2.34. The fraction of sp³-hybridized carbons (Fsp3) is 0.450. The second-order valence-electron chi connectivity index (χ2n) is 7.03. The predicted molar refractivity (Wildman–Crippen MR) is 106 cm³/mol. The molecule has 0 radical (unpaired) electrons. The number of anilines is 1. The number of benzene rings is 1. The summed E-state index contributed by atoms with van der Waals surface area (Å²) in [5.74, 6) is 1.54. The fourth-order valence-corrected chi connectivity index (χ4v) is 3.23. The number of aromatic nitrogens is 2. The minimum atomic E-state index is -0.200. The Morgan fingerprint density at radius 2 is 2.11 bits per heavy atom. The molecule has 2 heterocycles. The Balaban J connectivity index is 1.54. The standard InChI is InChI=1S/C20H25ClN4O2/c1-14-4-3-9-25(12-14)20-23-15(2)10-19(24-20)27-13-18(26)22-11-16-5-7-17(21)8-6-16/h5-8,10,14H,3-4,9,11-13H2,1-2H3,(H,22,26)/t14-/m1/s1. The summed E-state index contributed by atoms with van der Waals surface area (Å²) in [5.41, 5.74) is 1.81. The van der Waals surface area contributed by atoms with E-state index in [4.69, 9.17) is 16.3 Å². The van der Waals surface area contributed by atoms with Crippen LogP contribution in [-0.4, -0.2) is 35.6 Å². The van der Waals surface area contributed by atoms with E-state index in [9.17, 15) is 4.79 Å². The Morgan fingerprint density at radius 3 is 2.85 bits per heavy atom.